The highest BCUT2D eigenvalue weighted by molar-refractivity contribution is 7.92. The molecule has 0 amide bonds. The Labute approximate surface area is 333 Å². The first kappa shape index (κ1) is 39.3. The molecular formula is C42H38N6O5S3. The van der Waals surface area contributed by atoms with E-state index in [9.17, 15) is 18.0 Å². The van der Waals surface area contributed by atoms with Gasteiger partial charge in [0.15, 0.2) is 10.3 Å². The van der Waals surface area contributed by atoms with Gasteiger partial charge in [0.2, 0.25) is 11.6 Å². The summed E-state index contributed by atoms with van der Waals surface area (Å²) < 4.78 is 33.8. The number of nitrogen functional groups attached to an aromatic ring is 1. The van der Waals surface area contributed by atoms with Crippen molar-refractivity contribution in [2.24, 2.45) is 0 Å². The zero-order valence-corrected chi connectivity index (χ0v) is 33.3. The monoisotopic (exact) mass is 802 g/mol. The summed E-state index contributed by atoms with van der Waals surface area (Å²) in [5.41, 5.74) is 12.7. The maximum Gasteiger partial charge on any atom is 0.265 e. The van der Waals surface area contributed by atoms with Gasteiger partial charge in [0.1, 0.15) is 16.3 Å². The van der Waals surface area contributed by atoms with Crippen molar-refractivity contribution in [3.8, 4) is 5.75 Å². The van der Waals surface area contributed by atoms with E-state index in [2.05, 4.69) is 25.3 Å². The number of nitrogens with two attached hydrogens (primary N) is 1. The minimum atomic E-state index is -3.87. The Hall–Kier alpha value is -6.35. The third-order valence-corrected chi connectivity index (χ3v) is 11.4. The van der Waals surface area contributed by atoms with Crippen molar-refractivity contribution < 1.29 is 22.7 Å². The number of anilines is 6. The highest BCUT2D eigenvalue weighted by Crippen LogP contribution is 2.30. The van der Waals surface area contributed by atoms with Crippen molar-refractivity contribution in [1.82, 2.24) is 9.97 Å². The number of sulfonamides is 1. The van der Waals surface area contributed by atoms with E-state index < -0.39 is 10.0 Å². The topological polar surface area (TPSA) is 165 Å². The number of nitrogens with zero attached hydrogens (tertiary/aromatic N) is 2. The van der Waals surface area contributed by atoms with Crippen LogP contribution in [-0.2, 0) is 10.0 Å². The molecule has 0 radical (unpaired) electrons. The van der Waals surface area contributed by atoms with E-state index in [0.29, 0.717) is 49.0 Å². The molecule has 56 heavy (non-hydrogen) atoms. The highest BCUT2D eigenvalue weighted by atomic mass is 32.2. The van der Waals surface area contributed by atoms with E-state index in [1.54, 1.807) is 60.1 Å². The van der Waals surface area contributed by atoms with Gasteiger partial charge in [-0.05, 0) is 86.0 Å². The van der Waals surface area contributed by atoms with Crippen molar-refractivity contribution in [2.45, 2.75) is 25.7 Å². The van der Waals surface area contributed by atoms with Crippen LogP contribution in [0.2, 0.25) is 0 Å². The van der Waals surface area contributed by atoms with E-state index in [1.165, 1.54) is 29.8 Å². The molecule has 0 fully saturated rings. The Morgan fingerprint density at radius 2 is 1.34 bits per heavy atom. The number of carbonyl (C=O) groups is 2. The molecule has 0 atom stereocenters. The maximum atomic E-state index is 13.0. The Kier molecular flexibility index (Phi) is 12.2. The smallest absolute Gasteiger partial charge is 0.265 e. The van der Waals surface area contributed by atoms with Crippen LogP contribution in [0.5, 0.6) is 5.75 Å². The Morgan fingerprint density at radius 3 is 2.02 bits per heavy atom. The normalized spacial score (nSPS) is 10.9. The molecule has 7 aromatic rings. The third-order valence-electron chi connectivity index (χ3n) is 8.36. The average molecular weight is 803 g/mol. The summed E-state index contributed by atoms with van der Waals surface area (Å²) in [6.07, 6.45) is 1.54. The van der Waals surface area contributed by atoms with Crippen molar-refractivity contribution in [1.29, 1.82) is 0 Å². The van der Waals surface area contributed by atoms with E-state index in [4.69, 9.17) is 10.5 Å². The number of aryl methyl sites for hydroxylation is 3. The number of rotatable bonds is 12. The zero-order valence-electron chi connectivity index (χ0n) is 30.9. The van der Waals surface area contributed by atoms with Crippen molar-refractivity contribution in [3.63, 3.8) is 0 Å². The fourth-order valence-corrected chi connectivity index (χ4v) is 8.33. The van der Waals surface area contributed by atoms with Gasteiger partial charge in [0.05, 0.1) is 23.9 Å². The maximum absolute atomic E-state index is 13.0. The number of nitrogens with one attached hydrogen (secondary N) is 3. The summed E-state index contributed by atoms with van der Waals surface area (Å²) in [5.74, 6) is 0.119. The first-order chi connectivity index (χ1) is 26.9. The van der Waals surface area contributed by atoms with Gasteiger partial charge >= 0.3 is 0 Å². The van der Waals surface area contributed by atoms with Crippen molar-refractivity contribution in [2.75, 3.05) is 28.2 Å². The number of hydrogen-bond acceptors (Lipinski definition) is 12. The lowest BCUT2D eigenvalue weighted by molar-refractivity contribution is 0.102. The number of ether oxygens (including phenoxy) is 1. The number of benzene rings is 5. The molecule has 14 heteroatoms. The molecule has 11 nitrogen and oxygen atoms in total. The molecule has 2 heterocycles. The number of ketones is 2. The molecule has 2 aromatic heterocycles. The quantitative estimate of drug-likeness (QED) is 0.0691. The molecule has 0 aliphatic heterocycles. The number of hydrogen-bond donors (Lipinski definition) is 4. The SMILES string of the molecule is COc1ccc(C)cc1S(=O)(=O)Nc1cccc(Nc2ncc(C(=O)c3ccccc3C)s2)c1.Cc1ccccc1C(=O)c1csc(Nc2cccc(N)c2)n1. The summed E-state index contributed by atoms with van der Waals surface area (Å²) >= 11 is 2.63. The van der Waals surface area contributed by atoms with Crippen LogP contribution in [0.3, 0.4) is 0 Å². The molecule has 5 N–H and O–H groups in total. The van der Waals surface area contributed by atoms with E-state index in [-0.39, 0.29) is 22.2 Å². The second kappa shape index (κ2) is 17.4. The molecule has 0 saturated heterocycles. The molecule has 0 spiro atoms. The highest BCUT2D eigenvalue weighted by Gasteiger charge is 2.21. The molecule has 0 unspecified atom stereocenters. The summed E-state index contributed by atoms with van der Waals surface area (Å²) in [6, 6.07) is 34.1. The van der Waals surface area contributed by atoms with Crippen LogP contribution in [0, 0.1) is 20.8 Å². The van der Waals surface area contributed by atoms with Gasteiger partial charge < -0.3 is 21.1 Å². The number of aromatic nitrogens is 2. The van der Waals surface area contributed by atoms with Crippen LogP contribution in [0.1, 0.15) is 48.0 Å². The van der Waals surface area contributed by atoms with Crippen LogP contribution in [0.25, 0.3) is 0 Å². The zero-order chi connectivity index (χ0) is 39.8. The summed E-state index contributed by atoms with van der Waals surface area (Å²) in [5, 5.41) is 9.26. The van der Waals surface area contributed by atoms with Crippen LogP contribution in [0.4, 0.5) is 33.0 Å². The Balaban J connectivity index is 0.000000208. The summed E-state index contributed by atoms with van der Waals surface area (Å²) in [4.78, 5) is 34.5. The lowest BCUT2D eigenvalue weighted by Crippen LogP contribution is -2.14. The number of methoxy groups -OCH3 is 1. The van der Waals surface area contributed by atoms with E-state index in [1.807, 2.05) is 87.5 Å². The van der Waals surface area contributed by atoms with Gasteiger partial charge in [-0.3, -0.25) is 14.3 Å². The van der Waals surface area contributed by atoms with Crippen molar-refractivity contribution >= 4 is 77.3 Å². The standard InChI is InChI=1S/C25H23N3O4S2.C17H15N3OS/c1-16-11-12-21(32-3)23(13-16)34(30,31)28-19-9-6-8-18(14-19)27-25-26-15-22(33-25)24(29)20-10-5-4-7-17(20)2;1-11-5-2-3-8-14(11)16(21)15-10-22-17(20-15)19-13-7-4-6-12(18)9-13/h4-15,28H,1-3H3,(H,26,27);2-10H,18H2,1H3,(H,19,20). The molecule has 5 aromatic carbocycles. The van der Waals surface area contributed by atoms with Gasteiger partial charge in [-0.15, -0.1) is 11.3 Å². The first-order valence-corrected chi connectivity index (χ1v) is 20.4. The summed E-state index contributed by atoms with van der Waals surface area (Å²) in [6.45, 7) is 5.63. The van der Waals surface area contributed by atoms with E-state index in [0.717, 1.165) is 22.4 Å². The van der Waals surface area contributed by atoms with Gasteiger partial charge in [-0.2, -0.15) is 0 Å². The van der Waals surface area contributed by atoms with Gasteiger partial charge in [-0.25, -0.2) is 18.4 Å². The second-order valence-corrected chi connectivity index (χ2v) is 16.1. The Morgan fingerprint density at radius 1 is 0.714 bits per heavy atom. The fraction of sp³-hybridized carbons (Fsp3) is 0.0952. The summed E-state index contributed by atoms with van der Waals surface area (Å²) in [7, 11) is -2.44. The Bertz CT molecular complexity index is 2640. The van der Waals surface area contributed by atoms with E-state index >= 15 is 0 Å². The minimum absolute atomic E-state index is 0.0602. The van der Waals surface area contributed by atoms with Crippen LogP contribution >= 0.6 is 22.7 Å². The van der Waals surface area contributed by atoms with Crippen LogP contribution in [-0.4, -0.2) is 37.1 Å². The second-order valence-electron chi connectivity index (χ2n) is 12.6. The molecule has 0 bridgehead atoms. The minimum Gasteiger partial charge on any atom is -0.495 e. The molecule has 0 aliphatic carbocycles. The van der Waals surface area contributed by atoms with Gasteiger partial charge in [0, 0.05) is 33.6 Å². The number of thiazole rings is 2. The lowest BCUT2D eigenvalue weighted by Gasteiger charge is -2.13. The molecular weight excluding hydrogens is 765 g/mol. The molecule has 0 saturated carbocycles. The number of carbonyl (C=O) groups excluding carboxylic acids is 2. The predicted molar refractivity (Wildman–Crippen MR) is 226 cm³/mol. The fourth-order valence-electron chi connectivity index (χ4n) is 5.53. The average Bonchev–Trinajstić information content (AvgIpc) is 3.85. The molecule has 284 valence electrons. The predicted octanol–water partition coefficient (Wildman–Crippen LogP) is 9.55. The van der Waals surface area contributed by atoms with Gasteiger partial charge in [-0.1, -0.05) is 78.1 Å². The largest absolute Gasteiger partial charge is 0.495 e. The molecule has 7 rings (SSSR count). The van der Waals surface area contributed by atoms with Gasteiger partial charge in [0.25, 0.3) is 10.0 Å². The first-order valence-electron chi connectivity index (χ1n) is 17.2. The third kappa shape index (κ3) is 9.65. The van der Waals surface area contributed by atoms with Crippen LogP contribution in [0.15, 0.2) is 132 Å². The molecule has 0 aliphatic rings. The lowest BCUT2D eigenvalue weighted by atomic mass is 10.0. The van der Waals surface area contributed by atoms with Crippen molar-refractivity contribution in [3.05, 3.63) is 165 Å². The van der Waals surface area contributed by atoms with Crippen LogP contribution < -0.4 is 25.8 Å².